The molecule has 1 aromatic heterocycles. The summed E-state index contributed by atoms with van der Waals surface area (Å²) < 4.78 is 1.74. The zero-order valence-corrected chi connectivity index (χ0v) is 9.28. The number of aliphatic hydroxyl groups is 1. The molecule has 4 heteroatoms. The predicted molar refractivity (Wildman–Crippen MR) is 56.8 cm³/mol. The first-order valence-electron chi connectivity index (χ1n) is 4.78. The van der Waals surface area contributed by atoms with Crippen molar-refractivity contribution in [2.24, 2.45) is 5.41 Å². The van der Waals surface area contributed by atoms with E-state index in [1.807, 2.05) is 27.7 Å². The summed E-state index contributed by atoms with van der Waals surface area (Å²) in [6.45, 7) is 8.42. The zero-order valence-electron chi connectivity index (χ0n) is 9.28. The van der Waals surface area contributed by atoms with Crippen LogP contribution in [0, 0.1) is 12.3 Å². The second kappa shape index (κ2) is 3.61. The Labute approximate surface area is 84.7 Å². The van der Waals surface area contributed by atoms with Crippen LogP contribution in [0.1, 0.15) is 26.5 Å². The maximum atomic E-state index is 9.87. The molecule has 4 nitrogen and oxygen atoms in total. The van der Waals surface area contributed by atoms with Gasteiger partial charge in [-0.3, -0.25) is 4.68 Å². The fourth-order valence-electron chi connectivity index (χ4n) is 1.16. The molecule has 0 aliphatic heterocycles. The van der Waals surface area contributed by atoms with E-state index in [-0.39, 0.29) is 5.41 Å². The van der Waals surface area contributed by atoms with E-state index < -0.39 is 6.10 Å². The molecule has 1 atom stereocenters. The fourth-order valence-corrected chi connectivity index (χ4v) is 1.16. The first-order chi connectivity index (χ1) is 6.30. The smallest absolute Gasteiger partial charge is 0.145 e. The highest BCUT2D eigenvalue weighted by Crippen LogP contribution is 2.20. The number of hydrogen-bond acceptors (Lipinski definition) is 3. The van der Waals surface area contributed by atoms with E-state index in [0.29, 0.717) is 12.4 Å². The first-order valence-corrected chi connectivity index (χ1v) is 4.78. The van der Waals surface area contributed by atoms with Gasteiger partial charge in [0.25, 0.3) is 0 Å². The SMILES string of the molecule is Cc1cc(N)nn1CC(O)C(C)(C)C. The van der Waals surface area contributed by atoms with Crippen LogP contribution in [-0.2, 0) is 6.54 Å². The molecule has 0 spiro atoms. The van der Waals surface area contributed by atoms with Crippen LogP contribution >= 0.6 is 0 Å². The van der Waals surface area contributed by atoms with Gasteiger partial charge in [-0.1, -0.05) is 20.8 Å². The highest BCUT2D eigenvalue weighted by atomic mass is 16.3. The van der Waals surface area contributed by atoms with E-state index in [2.05, 4.69) is 5.10 Å². The maximum absolute atomic E-state index is 9.87. The van der Waals surface area contributed by atoms with Crippen LogP contribution in [0.25, 0.3) is 0 Å². The summed E-state index contributed by atoms with van der Waals surface area (Å²) in [6, 6.07) is 1.80. The molecular weight excluding hydrogens is 178 g/mol. The van der Waals surface area contributed by atoms with Crippen LogP contribution in [0.2, 0.25) is 0 Å². The molecular formula is C10H19N3O. The third-order valence-electron chi connectivity index (χ3n) is 2.35. The summed E-state index contributed by atoms with van der Waals surface area (Å²) in [5.74, 6) is 0.503. The Morgan fingerprint density at radius 3 is 2.50 bits per heavy atom. The summed E-state index contributed by atoms with van der Waals surface area (Å²) in [7, 11) is 0. The van der Waals surface area contributed by atoms with Crippen LogP contribution in [-0.4, -0.2) is 21.0 Å². The monoisotopic (exact) mass is 197 g/mol. The number of hydrogen-bond donors (Lipinski definition) is 2. The molecule has 1 unspecified atom stereocenters. The van der Waals surface area contributed by atoms with Gasteiger partial charge in [0.05, 0.1) is 12.6 Å². The molecule has 0 radical (unpaired) electrons. The number of nitrogens with zero attached hydrogens (tertiary/aromatic N) is 2. The van der Waals surface area contributed by atoms with Gasteiger partial charge >= 0.3 is 0 Å². The van der Waals surface area contributed by atoms with Gasteiger partial charge in [0.15, 0.2) is 0 Å². The molecule has 80 valence electrons. The number of nitrogen functional groups attached to an aromatic ring is 1. The maximum Gasteiger partial charge on any atom is 0.145 e. The Bertz CT molecular complexity index is 312. The molecule has 0 saturated heterocycles. The van der Waals surface area contributed by atoms with Crippen LogP contribution in [0.4, 0.5) is 5.82 Å². The van der Waals surface area contributed by atoms with Crippen molar-refractivity contribution in [1.82, 2.24) is 9.78 Å². The van der Waals surface area contributed by atoms with Crippen molar-refractivity contribution in [1.29, 1.82) is 0 Å². The lowest BCUT2D eigenvalue weighted by atomic mass is 9.89. The summed E-state index contributed by atoms with van der Waals surface area (Å²) in [5, 5.41) is 14.0. The Balaban J connectivity index is 2.74. The third kappa shape index (κ3) is 2.48. The van der Waals surface area contributed by atoms with Gasteiger partial charge in [0, 0.05) is 11.8 Å². The topological polar surface area (TPSA) is 64.1 Å². The van der Waals surface area contributed by atoms with E-state index in [9.17, 15) is 5.11 Å². The molecule has 0 bridgehead atoms. The van der Waals surface area contributed by atoms with Crippen molar-refractivity contribution in [3.05, 3.63) is 11.8 Å². The minimum absolute atomic E-state index is 0.132. The average molecular weight is 197 g/mol. The first kappa shape index (κ1) is 11.0. The van der Waals surface area contributed by atoms with E-state index in [1.165, 1.54) is 0 Å². The Morgan fingerprint density at radius 2 is 2.14 bits per heavy atom. The number of aryl methyl sites for hydroxylation is 1. The Hall–Kier alpha value is -1.03. The van der Waals surface area contributed by atoms with Gasteiger partial charge < -0.3 is 10.8 Å². The number of rotatable bonds is 2. The summed E-state index contributed by atoms with van der Waals surface area (Å²) in [4.78, 5) is 0. The highest BCUT2D eigenvalue weighted by molar-refractivity contribution is 5.28. The second-order valence-corrected chi connectivity index (χ2v) is 4.77. The molecule has 0 aromatic carbocycles. The number of aliphatic hydroxyl groups excluding tert-OH is 1. The van der Waals surface area contributed by atoms with Gasteiger partial charge in [0.1, 0.15) is 5.82 Å². The standard InChI is InChI=1S/C10H19N3O/c1-7-5-9(11)12-13(7)6-8(14)10(2,3)4/h5,8,14H,6H2,1-4H3,(H2,11,12). The summed E-state index contributed by atoms with van der Waals surface area (Å²) in [6.07, 6.45) is -0.416. The third-order valence-corrected chi connectivity index (χ3v) is 2.35. The summed E-state index contributed by atoms with van der Waals surface area (Å²) in [5.41, 5.74) is 6.40. The van der Waals surface area contributed by atoms with Gasteiger partial charge in [0.2, 0.25) is 0 Å². The number of anilines is 1. The van der Waals surface area contributed by atoms with Crippen LogP contribution in [0.5, 0.6) is 0 Å². The van der Waals surface area contributed by atoms with Crippen LogP contribution < -0.4 is 5.73 Å². The zero-order chi connectivity index (χ0) is 10.9. The van der Waals surface area contributed by atoms with Gasteiger partial charge in [-0.25, -0.2) is 0 Å². The van der Waals surface area contributed by atoms with Gasteiger partial charge in [-0.15, -0.1) is 0 Å². The van der Waals surface area contributed by atoms with E-state index in [1.54, 1.807) is 10.7 Å². The lowest BCUT2D eigenvalue weighted by Crippen LogP contribution is -2.31. The van der Waals surface area contributed by atoms with Crippen molar-refractivity contribution in [2.45, 2.75) is 40.3 Å². The predicted octanol–water partition coefficient (Wildman–Crippen LogP) is 1.18. The molecule has 0 amide bonds. The Morgan fingerprint density at radius 1 is 1.57 bits per heavy atom. The molecule has 0 aliphatic carbocycles. The minimum Gasteiger partial charge on any atom is -0.391 e. The molecule has 1 aromatic rings. The van der Waals surface area contributed by atoms with E-state index in [0.717, 1.165) is 5.69 Å². The van der Waals surface area contributed by atoms with Crippen molar-refractivity contribution in [3.8, 4) is 0 Å². The molecule has 1 heterocycles. The lowest BCUT2D eigenvalue weighted by Gasteiger charge is -2.25. The van der Waals surface area contributed by atoms with Gasteiger partial charge in [-0.05, 0) is 12.3 Å². The van der Waals surface area contributed by atoms with Crippen LogP contribution in [0.3, 0.4) is 0 Å². The van der Waals surface area contributed by atoms with Crippen LogP contribution in [0.15, 0.2) is 6.07 Å². The van der Waals surface area contributed by atoms with Crippen molar-refractivity contribution in [3.63, 3.8) is 0 Å². The number of aromatic nitrogens is 2. The highest BCUT2D eigenvalue weighted by Gasteiger charge is 2.23. The molecule has 0 saturated carbocycles. The Kier molecular flexibility index (Phi) is 2.85. The summed E-state index contributed by atoms with van der Waals surface area (Å²) >= 11 is 0. The molecule has 1 rings (SSSR count). The number of nitrogens with two attached hydrogens (primary N) is 1. The van der Waals surface area contributed by atoms with Crippen molar-refractivity contribution >= 4 is 5.82 Å². The normalized spacial score (nSPS) is 14.4. The molecule has 3 N–H and O–H groups in total. The van der Waals surface area contributed by atoms with Gasteiger partial charge in [-0.2, -0.15) is 5.10 Å². The largest absolute Gasteiger partial charge is 0.391 e. The van der Waals surface area contributed by atoms with Crippen molar-refractivity contribution < 1.29 is 5.11 Å². The van der Waals surface area contributed by atoms with Crippen molar-refractivity contribution in [2.75, 3.05) is 5.73 Å². The lowest BCUT2D eigenvalue weighted by molar-refractivity contribution is 0.0446. The van der Waals surface area contributed by atoms with E-state index >= 15 is 0 Å². The quantitative estimate of drug-likeness (QED) is 0.748. The molecule has 14 heavy (non-hydrogen) atoms. The average Bonchev–Trinajstić information content (AvgIpc) is 2.28. The molecule has 0 fully saturated rings. The fraction of sp³-hybridized carbons (Fsp3) is 0.700. The van der Waals surface area contributed by atoms with E-state index in [4.69, 9.17) is 5.73 Å². The molecule has 0 aliphatic rings. The minimum atomic E-state index is -0.416. The second-order valence-electron chi connectivity index (χ2n) is 4.77.